The number of hydrogen-bond acceptors (Lipinski definition) is 14. The van der Waals surface area contributed by atoms with Gasteiger partial charge in [0.1, 0.15) is 47.6 Å². The minimum absolute atomic E-state index is 0.0642. The van der Waals surface area contributed by atoms with E-state index in [1.54, 1.807) is 84.1 Å². The number of carboxylic acids is 1. The molecule has 0 saturated carbocycles. The number of aromatic carboxylic acids is 1. The smallest absolute Gasteiger partial charge is 0.335 e. The number of carbonyl (C=O) groups is 2. The van der Waals surface area contributed by atoms with Gasteiger partial charge in [-0.2, -0.15) is 25.4 Å². The molecule has 0 unspecified atom stereocenters. The van der Waals surface area contributed by atoms with Gasteiger partial charge in [0.25, 0.3) is 16.1 Å². The van der Waals surface area contributed by atoms with E-state index in [1.165, 1.54) is 39.5 Å². The maximum Gasteiger partial charge on any atom is 0.335 e. The third-order valence-corrected chi connectivity index (χ3v) is 18.8. The number of nitrogens with one attached hydrogen (secondary N) is 1. The third kappa shape index (κ3) is 15.4. The van der Waals surface area contributed by atoms with E-state index in [2.05, 4.69) is 26.2 Å². The summed E-state index contributed by atoms with van der Waals surface area (Å²) in [7, 11) is -1.87. The van der Waals surface area contributed by atoms with Crippen LogP contribution in [0.3, 0.4) is 0 Å². The van der Waals surface area contributed by atoms with Crippen molar-refractivity contribution >= 4 is 122 Å². The summed E-state index contributed by atoms with van der Waals surface area (Å²) in [5.74, 6) is 1.29. The van der Waals surface area contributed by atoms with E-state index in [0.29, 0.717) is 59.9 Å². The number of thiophene rings is 2. The summed E-state index contributed by atoms with van der Waals surface area (Å²) >= 11 is 29.0. The van der Waals surface area contributed by atoms with Crippen molar-refractivity contribution in [2.45, 2.75) is 52.7 Å². The van der Waals surface area contributed by atoms with Crippen molar-refractivity contribution in [1.29, 1.82) is 0 Å². The van der Waals surface area contributed by atoms with Crippen LogP contribution in [0.25, 0.3) is 63.6 Å². The molecule has 1 amide bonds. The maximum absolute atomic E-state index is 12.6. The van der Waals surface area contributed by atoms with Gasteiger partial charge in [-0.25, -0.2) is 14.7 Å². The number of hydrogen-bond donors (Lipinski definition) is 3. The molecule has 0 saturated heterocycles. The zero-order valence-electron chi connectivity index (χ0n) is 46.8. The first-order valence-electron chi connectivity index (χ1n) is 25.8. The van der Waals surface area contributed by atoms with E-state index < -0.39 is 32.3 Å². The summed E-state index contributed by atoms with van der Waals surface area (Å²) in [6, 6.07) is 40.2. The number of amides is 1. The lowest BCUT2D eigenvalue weighted by Crippen LogP contribution is -2.39. The molecule has 4 N–H and O–H groups in total. The minimum Gasteiger partial charge on any atom is -0.489 e. The Morgan fingerprint density at radius 2 is 0.976 bits per heavy atom. The van der Waals surface area contributed by atoms with Crippen molar-refractivity contribution in [2.75, 3.05) is 28.2 Å². The highest BCUT2D eigenvalue weighted by Crippen LogP contribution is 2.42. The van der Waals surface area contributed by atoms with Gasteiger partial charge >= 0.3 is 16.2 Å². The molecule has 0 radical (unpaired) electrons. The summed E-state index contributed by atoms with van der Waals surface area (Å²) < 4.78 is 74.0. The lowest BCUT2D eigenvalue weighted by atomic mass is 10.0. The van der Waals surface area contributed by atoms with E-state index in [4.69, 9.17) is 64.9 Å². The quantitative estimate of drug-likeness (QED) is 0.0770. The molecule has 0 aliphatic carbocycles. The molecule has 0 aliphatic rings. The highest BCUT2D eigenvalue weighted by molar-refractivity contribution is 7.87. The summed E-state index contributed by atoms with van der Waals surface area (Å²) in [6.07, 6.45) is 0. The minimum atomic E-state index is -3.90. The van der Waals surface area contributed by atoms with Crippen LogP contribution in [0.15, 0.2) is 143 Å². The summed E-state index contributed by atoms with van der Waals surface area (Å²) in [5.41, 5.74) is 6.09. The number of fused-ring (bicyclic) bond motifs is 2. The molecule has 4 aromatic heterocycles. The molecule has 17 nitrogen and oxygen atoms in total. The molecule has 6 aromatic carbocycles. The lowest BCUT2D eigenvalue weighted by molar-refractivity contribution is 0.0696. The van der Waals surface area contributed by atoms with Crippen molar-refractivity contribution in [3.63, 3.8) is 0 Å². The first-order chi connectivity index (χ1) is 40.2. The monoisotopic (exact) mass is 1300 g/mol. The highest BCUT2D eigenvalue weighted by atomic mass is 35.5. The fourth-order valence-corrected chi connectivity index (χ4v) is 12.2. The van der Waals surface area contributed by atoms with Crippen LogP contribution in [0.5, 0.6) is 11.5 Å². The Labute approximate surface area is 519 Å². The zero-order valence-corrected chi connectivity index (χ0v) is 53.1. The second-order valence-corrected chi connectivity index (χ2v) is 27.4. The number of aromatic nitrogens is 2. The standard InChI is InChI=1S/C30H27Cl2N3O5S2.C28H21Cl2NO4S.C2H8N2O2S/c1-17(2)29-22(28(33-40-29)27-23(31)9-6-10-24(27)32)16-39-21-12-11-19-14-25(41-26(19)15-21)18-7-5-8-20(13-18)30(36)34-42(37,38)35(3)4;1-15(2)27-20(26(31-35-27)25-21(29)7-4-8-22(25)30)14-34-19-10-9-17-12-23(36-24(17)13-19)16-5-3-6-18(11-16)28(32)33;1-4(2)7(3,5)6/h5-15,17H,16H2,1-4H3,(H,34,36);3-13,15H,14H2,1-2H3,(H,32,33);1-2H3,(H2,3,5,6). The fraction of sp³-hybridized carbons (Fsp3) is 0.200. The number of nitrogens with zero attached hydrogens (tertiary/aromatic N) is 4. The van der Waals surface area contributed by atoms with Crippen LogP contribution >= 0.6 is 69.1 Å². The number of nitrogens with two attached hydrogens (primary N) is 1. The molecular weight excluding hydrogens is 1250 g/mol. The van der Waals surface area contributed by atoms with Crippen LogP contribution in [0, 0.1) is 0 Å². The number of halogens is 4. The van der Waals surface area contributed by atoms with E-state index in [-0.39, 0.29) is 36.2 Å². The van der Waals surface area contributed by atoms with Gasteiger partial charge in [0.15, 0.2) is 0 Å². The van der Waals surface area contributed by atoms with Crippen molar-refractivity contribution in [2.24, 2.45) is 5.14 Å². The summed E-state index contributed by atoms with van der Waals surface area (Å²) in [5, 5.41) is 26.4. The van der Waals surface area contributed by atoms with E-state index >= 15 is 0 Å². The Bertz CT molecular complexity index is 4290. The predicted molar refractivity (Wildman–Crippen MR) is 339 cm³/mol. The van der Waals surface area contributed by atoms with Gasteiger partial charge in [-0.3, -0.25) is 4.79 Å². The van der Waals surface area contributed by atoms with Crippen LogP contribution in [0.1, 0.15) is 82.9 Å². The highest BCUT2D eigenvalue weighted by Gasteiger charge is 2.26. The second-order valence-electron chi connectivity index (χ2n) is 20.0. The first kappa shape index (κ1) is 64.1. The van der Waals surface area contributed by atoms with Gasteiger partial charge in [-0.1, -0.05) is 121 Å². The van der Waals surface area contributed by atoms with E-state index in [9.17, 15) is 31.5 Å². The van der Waals surface area contributed by atoms with Crippen molar-refractivity contribution in [3.05, 3.63) is 187 Å². The molecule has 444 valence electrons. The SMILES string of the molecule is CC(C)c1onc(-c2c(Cl)cccc2Cl)c1COc1ccc2cc(-c3cccc(C(=O)NS(=O)(=O)N(C)C)c3)sc2c1.CC(C)c1onc(-c2c(Cl)cccc2Cl)c1COc1ccc2cc(-c3cccc(C(=O)O)c3)sc2c1.CN(C)S(N)(=O)=O. The van der Waals surface area contributed by atoms with Gasteiger partial charge in [0.05, 0.1) is 36.8 Å². The molecule has 4 heterocycles. The Morgan fingerprint density at radius 1 is 0.588 bits per heavy atom. The van der Waals surface area contributed by atoms with Crippen LogP contribution in [0.2, 0.25) is 20.1 Å². The number of ether oxygens (including phenoxy) is 2. The maximum atomic E-state index is 12.6. The van der Waals surface area contributed by atoms with Gasteiger partial charge in [-0.15, -0.1) is 22.7 Å². The molecule has 0 spiro atoms. The average Bonchev–Trinajstić information content (AvgIpc) is 3.81. The zero-order chi connectivity index (χ0) is 61.7. The number of rotatable bonds is 17. The molecule has 0 fully saturated rings. The summed E-state index contributed by atoms with van der Waals surface area (Å²) in [6.45, 7) is 8.52. The Balaban J connectivity index is 0.000000201. The summed E-state index contributed by atoms with van der Waals surface area (Å²) in [4.78, 5) is 25.9. The predicted octanol–water partition coefficient (Wildman–Crippen LogP) is 15.5. The van der Waals surface area contributed by atoms with E-state index in [1.807, 2.05) is 82.3 Å². The van der Waals surface area contributed by atoms with Gasteiger partial charge in [0.2, 0.25) is 0 Å². The topological polar surface area (TPSA) is 238 Å². The second kappa shape index (κ2) is 27.2. The molecule has 0 atom stereocenters. The Kier molecular flexibility index (Phi) is 20.6. The molecule has 0 aliphatic heterocycles. The molecular formula is C60H56Cl4N6O11S4. The van der Waals surface area contributed by atoms with Crippen LogP contribution in [-0.2, 0) is 33.6 Å². The molecule has 25 heteroatoms. The van der Waals surface area contributed by atoms with Crippen LogP contribution in [0.4, 0.5) is 0 Å². The molecule has 85 heavy (non-hydrogen) atoms. The van der Waals surface area contributed by atoms with Gasteiger partial charge < -0.3 is 23.6 Å². The number of benzene rings is 6. The average molecular weight is 1310 g/mol. The number of carbonyl (C=O) groups excluding carboxylic acids is 1. The van der Waals surface area contributed by atoms with E-state index in [0.717, 1.165) is 66.6 Å². The number of carboxylic acid groups (broad SMARTS) is 1. The third-order valence-electron chi connectivity index (χ3n) is 12.8. The van der Waals surface area contributed by atoms with Crippen LogP contribution in [-0.4, -0.2) is 80.9 Å². The Hall–Kier alpha value is -6.86. The Morgan fingerprint density at radius 3 is 1.35 bits per heavy atom. The van der Waals surface area contributed by atoms with Gasteiger partial charge in [-0.05, 0) is 119 Å². The fourth-order valence-electron chi connectivity index (χ4n) is 8.36. The molecule has 10 aromatic rings. The lowest BCUT2D eigenvalue weighted by Gasteiger charge is -2.12. The first-order valence-corrected chi connectivity index (χ1v) is 31.9. The van der Waals surface area contributed by atoms with Gasteiger partial charge in [0, 0.05) is 75.9 Å². The van der Waals surface area contributed by atoms with Crippen molar-refractivity contribution in [3.8, 4) is 54.9 Å². The molecule has 10 rings (SSSR count). The van der Waals surface area contributed by atoms with Crippen LogP contribution < -0.4 is 19.3 Å². The molecule has 0 bridgehead atoms. The van der Waals surface area contributed by atoms with Crippen molar-refractivity contribution < 1.29 is 50.1 Å². The normalized spacial score (nSPS) is 11.7. The largest absolute Gasteiger partial charge is 0.489 e. The van der Waals surface area contributed by atoms with Crippen molar-refractivity contribution in [1.82, 2.24) is 23.6 Å².